The minimum atomic E-state index is -1.11. The van der Waals surface area contributed by atoms with E-state index in [4.69, 9.17) is 5.73 Å². The summed E-state index contributed by atoms with van der Waals surface area (Å²) in [5.74, 6) is -0.674. The number of nitrogens with zero attached hydrogens (tertiary/aromatic N) is 1. The summed E-state index contributed by atoms with van der Waals surface area (Å²) in [7, 11) is 0. The van der Waals surface area contributed by atoms with Gasteiger partial charge >= 0.3 is 0 Å². The van der Waals surface area contributed by atoms with Crippen molar-refractivity contribution >= 4 is 11.8 Å². The third kappa shape index (κ3) is 1.91. The maximum Gasteiger partial charge on any atom is 0.255 e. The quantitative estimate of drug-likeness (QED) is 0.935. The summed E-state index contributed by atoms with van der Waals surface area (Å²) in [5, 5.41) is 0. The Balaban J connectivity index is 2.08. The zero-order chi connectivity index (χ0) is 15.0. The maximum absolute atomic E-state index is 12.6. The summed E-state index contributed by atoms with van der Waals surface area (Å²) in [5.41, 5.74) is 6.71. The van der Waals surface area contributed by atoms with E-state index in [0.717, 1.165) is 5.56 Å². The van der Waals surface area contributed by atoms with Crippen LogP contribution in [0, 0.1) is 0 Å². The standard InChI is InChI=1S/C17H16N2O2/c1-17(16(18)21)14-10-6-5-9-13(14)15(20)19(17)11-12-7-3-2-4-8-12/h2-10H,11H2,1H3,(H2,18,21). The van der Waals surface area contributed by atoms with Gasteiger partial charge < -0.3 is 10.6 Å². The number of fused-ring (bicyclic) bond motifs is 1. The minimum Gasteiger partial charge on any atom is -0.367 e. The first-order chi connectivity index (χ1) is 10.0. The molecule has 1 atom stereocenters. The lowest BCUT2D eigenvalue weighted by molar-refractivity contribution is -0.128. The fourth-order valence-electron chi connectivity index (χ4n) is 2.85. The Morgan fingerprint density at radius 2 is 1.71 bits per heavy atom. The fraction of sp³-hybridized carbons (Fsp3) is 0.176. The van der Waals surface area contributed by atoms with E-state index in [-0.39, 0.29) is 5.91 Å². The van der Waals surface area contributed by atoms with Gasteiger partial charge in [0, 0.05) is 12.1 Å². The van der Waals surface area contributed by atoms with Crippen LogP contribution >= 0.6 is 0 Å². The molecular formula is C17H16N2O2. The second-order valence-electron chi connectivity index (χ2n) is 5.36. The Bertz CT molecular complexity index is 712. The topological polar surface area (TPSA) is 63.4 Å². The van der Waals surface area contributed by atoms with Crippen LogP contribution in [0.15, 0.2) is 54.6 Å². The Hall–Kier alpha value is -2.62. The smallest absolute Gasteiger partial charge is 0.255 e. The van der Waals surface area contributed by atoms with Gasteiger partial charge in [0.1, 0.15) is 5.54 Å². The van der Waals surface area contributed by atoms with Crippen molar-refractivity contribution in [2.24, 2.45) is 5.73 Å². The van der Waals surface area contributed by atoms with E-state index in [2.05, 4.69) is 0 Å². The molecule has 0 aromatic heterocycles. The molecule has 0 aliphatic carbocycles. The van der Waals surface area contributed by atoms with Gasteiger partial charge in [-0.25, -0.2) is 0 Å². The van der Waals surface area contributed by atoms with E-state index in [1.807, 2.05) is 36.4 Å². The molecule has 1 heterocycles. The summed E-state index contributed by atoms with van der Waals surface area (Å²) < 4.78 is 0. The second kappa shape index (κ2) is 4.74. The molecular weight excluding hydrogens is 264 g/mol. The predicted octanol–water partition coefficient (Wildman–Crippen LogP) is 2.04. The molecule has 0 bridgehead atoms. The summed E-state index contributed by atoms with van der Waals surface area (Å²) in [4.78, 5) is 26.3. The average Bonchev–Trinajstić information content (AvgIpc) is 2.72. The first-order valence-corrected chi connectivity index (χ1v) is 6.80. The number of rotatable bonds is 3. The second-order valence-corrected chi connectivity index (χ2v) is 5.36. The Labute approximate surface area is 123 Å². The van der Waals surface area contributed by atoms with Crippen LogP contribution in [0.3, 0.4) is 0 Å². The molecule has 0 saturated heterocycles. The van der Waals surface area contributed by atoms with Gasteiger partial charge in [0.05, 0.1) is 0 Å². The van der Waals surface area contributed by atoms with Crippen LogP contribution in [0.1, 0.15) is 28.4 Å². The van der Waals surface area contributed by atoms with E-state index >= 15 is 0 Å². The lowest BCUT2D eigenvalue weighted by atomic mass is 9.90. The van der Waals surface area contributed by atoms with Crippen molar-refractivity contribution in [3.63, 3.8) is 0 Å². The molecule has 0 fully saturated rings. The SMILES string of the molecule is CC1(C(N)=O)c2ccccc2C(=O)N1Cc1ccccc1. The summed E-state index contributed by atoms with van der Waals surface area (Å²) in [6.45, 7) is 2.07. The van der Waals surface area contributed by atoms with E-state index in [1.54, 1.807) is 30.0 Å². The van der Waals surface area contributed by atoms with Crippen LogP contribution in [-0.2, 0) is 16.9 Å². The number of amides is 2. The molecule has 1 aliphatic rings. The Morgan fingerprint density at radius 3 is 2.38 bits per heavy atom. The van der Waals surface area contributed by atoms with Crippen molar-refractivity contribution < 1.29 is 9.59 Å². The number of carbonyl (C=O) groups is 2. The molecule has 21 heavy (non-hydrogen) atoms. The zero-order valence-corrected chi connectivity index (χ0v) is 11.7. The highest BCUT2D eigenvalue weighted by atomic mass is 16.2. The first-order valence-electron chi connectivity index (χ1n) is 6.80. The van der Waals surface area contributed by atoms with Crippen molar-refractivity contribution in [3.8, 4) is 0 Å². The van der Waals surface area contributed by atoms with Crippen LogP contribution in [0.5, 0.6) is 0 Å². The lowest BCUT2D eigenvalue weighted by Crippen LogP contribution is -2.50. The third-order valence-corrected chi connectivity index (χ3v) is 4.13. The van der Waals surface area contributed by atoms with Gasteiger partial charge in [-0.2, -0.15) is 0 Å². The summed E-state index contributed by atoms with van der Waals surface area (Å²) >= 11 is 0. The number of benzene rings is 2. The molecule has 0 saturated carbocycles. The number of nitrogens with two attached hydrogens (primary N) is 1. The van der Waals surface area contributed by atoms with Gasteiger partial charge in [-0.15, -0.1) is 0 Å². The molecule has 2 aromatic rings. The van der Waals surface area contributed by atoms with Gasteiger partial charge in [0.2, 0.25) is 5.91 Å². The number of hydrogen-bond acceptors (Lipinski definition) is 2. The Morgan fingerprint density at radius 1 is 1.10 bits per heavy atom. The van der Waals surface area contributed by atoms with Crippen LogP contribution in [0.4, 0.5) is 0 Å². The van der Waals surface area contributed by atoms with Crippen molar-refractivity contribution in [1.29, 1.82) is 0 Å². The van der Waals surface area contributed by atoms with Gasteiger partial charge in [0.25, 0.3) is 5.91 Å². The number of carbonyl (C=O) groups excluding carboxylic acids is 2. The average molecular weight is 280 g/mol. The van der Waals surface area contributed by atoms with Crippen molar-refractivity contribution in [1.82, 2.24) is 4.90 Å². The number of hydrogen-bond donors (Lipinski definition) is 1. The van der Waals surface area contributed by atoms with Gasteiger partial charge in [-0.05, 0) is 24.1 Å². The highest BCUT2D eigenvalue weighted by Crippen LogP contribution is 2.39. The van der Waals surface area contributed by atoms with Crippen molar-refractivity contribution in [2.75, 3.05) is 0 Å². The fourth-order valence-corrected chi connectivity index (χ4v) is 2.85. The minimum absolute atomic E-state index is 0.157. The van der Waals surface area contributed by atoms with E-state index in [9.17, 15) is 9.59 Å². The van der Waals surface area contributed by atoms with Crippen molar-refractivity contribution in [2.45, 2.75) is 19.0 Å². The van der Waals surface area contributed by atoms with E-state index < -0.39 is 11.4 Å². The van der Waals surface area contributed by atoms with Gasteiger partial charge in [-0.1, -0.05) is 48.5 Å². The monoisotopic (exact) mass is 280 g/mol. The molecule has 3 rings (SSSR count). The maximum atomic E-state index is 12.6. The summed E-state index contributed by atoms with van der Waals surface area (Å²) in [6.07, 6.45) is 0. The molecule has 2 N–H and O–H groups in total. The van der Waals surface area contributed by atoms with Gasteiger partial charge in [0.15, 0.2) is 0 Å². The zero-order valence-electron chi connectivity index (χ0n) is 11.7. The molecule has 2 amide bonds. The molecule has 1 aliphatic heterocycles. The molecule has 106 valence electrons. The molecule has 4 heteroatoms. The normalized spacial score (nSPS) is 20.4. The van der Waals surface area contributed by atoms with E-state index in [0.29, 0.717) is 17.7 Å². The van der Waals surface area contributed by atoms with E-state index in [1.165, 1.54) is 0 Å². The third-order valence-electron chi connectivity index (χ3n) is 4.13. The predicted molar refractivity (Wildman–Crippen MR) is 79.3 cm³/mol. The van der Waals surface area contributed by atoms with Crippen LogP contribution < -0.4 is 5.73 Å². The molecule has 1 unspecified atom stereocenters. The highest BCUT2D eigenvalue weighted by Gasteiger charge is 2.50. The summed E-state index contributed by atoms with van der Waals surface area (Å²) in [6, 6.07) is 16.7. The highest BCUT2D eigenvalue weighted by molar-refractivity contribution is 6.06. The first kappa shape index (κ1) is 13.4. The van der Waals surface area contributed by atoms with Crippen LogP contribution in [-0.4, -0.2) is 16.7 Å². The van der Waals surface area contributed by atoms with Crippen LogP contribution in [0.25, 0.3) is 0 Å². The van der Waals surface area contributed by atoms with Crippen molar-refractivity contribution in [3.05, 3.63) is 71.3 Å². The molecule has 0 radical (unpaired) electrons. The molecule has 2 aromatic carbocycles. The number of primary amides is 1. The molecule has 4 nitrogen and oxygen atoms in total. The lowest BCUT2D eigenvalue weighted by Gasteiger charge is -2.33. The molecule has 0 spiro atoms. The largest absolute Gasteiger partial charge is 0.367 e. The van der Waals surface area contributed by atoms with Crippen LogP contribution in [0.2, 0.25) is 0 Å². The van der Waals surface area contributed by atoms with Gasteiger partial charge in [-0.3, -0.25) is 9.59 Å². The Kier molecular flexibility index (Phi) is 3.01.